The zero-order valence-corrected chi connectivity index (χ0v) is 11.4. The Morgan fingerprint density at radius 1 is 1.39 bits per heavy atom. The first-order chi connectivity index (χ1) is 8.56. The van der Waals surface area contributed by atoms with Crippen molar-refractivity contribution in [3.63, 3.8) is 0 Å². The van der Waals surface area contributed by atoms with E-state index in [0.717, 1.165) is 0 Å². The average molecular weight is 328 g/mol. The molecular formula is C12H8BrClN2O2. The summed E-state index contributed by atoms with van der Waals surface area (Å²) < 4.78 is 6.16. The molecule has 2 N–H and O–H groups in total. The molecule has 0 aliphatic carbocycles. The van der Waals surface area contributed by atoms with Gasteiger partial charge in [0.2, 0.25) is 11.8 Å². The minimum absolute atomic E-state index is 0.362. The van der Waals surface area contributed by atoms with Crippen LogP contribution in [0.4, 0.5) is 0 Å². The number of hydrogen-bond donors (Lipinski definition) is 1. The first-order valence-corrected chi connectivity index (χ1v) is 6.12. The van der Waals surface area contributed by atoms with E-state index >= 15 is 0 Å². The molecule has 2 rings (SSSR count). The molecule has 1 aromatic heterocycles. The number of primary amides is 1. The summed E-state index contributed by atoms with van der Waals surface area (Å²) in [5.74, 6) is 0.325. The minimum atomic E-state index is -0.511. The van der Waals surface area contributed by atoms with Crippen molar-refractivity contribution in [2.24, 2.45) is 5.73 Å². The van der Waals surface area contributed by atoms with Crippen molar-refractivity contribution < 1.29 is 9.53 Å². The smallest absolute Gasteiger partial charge is 0.248 e. The van der Waals surface area contributed by atoms with E-state index in [1.807, 2.05) is 0 Å². The SMILES string of the molecule is NC(=O)c1cccc(Oc2ncc(Cl)cc2Br)c1. The molecular weight excluding hydrogens is 320 g/mol. The summed E-state index contributed by atoms with van der Waals surface area (Å²) in [7, 11) is 0. The van der Waals surface area contributed by atoms with Crippen molar-refractivity contribution in [3.05, 3.63) is 51.6 Å². The molecule has 1 aromatic carbocycles. The van der Waals surface area contributed by atoms with Crippen LogP contribution in [-0.4, -0.2) is 10.9 Å². The van der Waals surface area contributed by atoms with E-state index in [2.05, 4.69) is 20.9 Å². The number of carbonyl (C=O) groups excluding carboxylic acids is 1. The molecule has 0 unspecified atom stereocenters. The molecule has 0 radical (unpaired) electrons. The lowest BCUT2D eigenvalue weighted by Crippen LogP contribution is -2.10. The summed E-state index contributed by atoms with van der Waals surface area (Å²) in [4.78, 5) is 15.1. The van der Waals surface area contributed by atoms with Crippen molar-refractivity contribution in [2.45, 2.75) is 0 Å². The fourth-order valence-electron chi connectivity index (χ4n) is 1.30. The first-order valence-electron chi connectivity index (χ1n) is 4.95. The maximum absolute atomic E-state index is 11.0. The Kier molecular flexibility index (Phi) is 3.84. The Balaban J connectivity index is 2.28. The molecule has 0 fully saturated rings. The largest absolute Gasteiger partial charge is 0.438 e. The average Bonchev–Trinajstić information content (AvgIpc) is 2.33. The van der Waals surface area contributed by atoms with E-state index in [0.29, 0.717) is 26.7 Å². The standard InChI is InChI=1S/C12H8BrClN2O2/c13-10-5-8(14)6-16-12(10)18-9-3-1-2-7(4-9)11(15)17/h1-6H,(H2,15,17). The van der Waals surface area contributed by atoms with Gasteiger partial charge in [-0.25, -0.2) is 4.98 Å². The van der Waals surface area contributed by atoms with Crippen LogP contribution in [0.3, 0.4) is 0 Å². The fourth-order valence-corrected chi connectivity index (χ4v) is 2.02. The molecule has 92 valence electrons. The fraction of sp³-hybridized carbons (Fsp3) is 0. The quantitative estimate of drug-likeness (QED) is 0.939. The summed E-state index contributed by atoms with van der Waals surface area (Å²) in [6, 6.07) is 8.21. The minimum Gasteiger partial charge on any atom is -0.438 e. The topological polar surface area (TPSA) is 65.2 Å². The number of carbonyl (C=O) groups is 1. The molecule has 0 atom stereocenters. The van der Waals surface area contributed by atoms with Gasteiger partial charge in [-0.15, -0.1) is 0 Å². The maximum atomic E-state index is 11.0. The Morgan fingerprint density at radius 2 is 2.17 bits per heavy atom. The van der Waals surface area contributed by atoms with E-state index < -0.39 is 5.91 Å². The Labute approximate surface area is 117 Å². The van der Waals surface area contributed by atoms with Crippen molar-refractivity contribution in [3.8, 4) is 11.6 Å². The molecule has 1 heterocycles. The van der Waals surface area contributed by atoms with Crippen molar-refractivity contribution in [1.29, 1.82) is 0 Å². The molecule has 2 aromatic rings. The highest BCUT2D eigenvalue weighted by molar-refractivity contribution is 9.10. The zero-order chi connectivity index (χ0) is 13.1. The molecule has 6 heteroatoms. The highest BCUT2D eigenvalue weighted by Crippen LogP contribution is 2.29. The molecule has 0 aliphatic rings. The van der Waals surface area contributed by atoms with Crippen molar-refractivity contribution in [1.82, 2.24) is 4.98 Å². The third-order valence-corrected chi connectivity index (χ3v) is 2.88. The second kappa shape index (κ2) is 5.37. The van der Waals surface area contributed by atoms with Gasteiger partial charge < -0.3 is 10.5 Å². The molecule has 1 amide bonds. The molecule has 0 aliphatic heterocycles. The molecule has 4 nitrogen and oxygen atoms in total. The van der Waals surface area contributed by atoms with E-state index in [-0.39, 0.29) is 0 Å². The summed E-state index contributed by atoms with van der Waals surface area (Å²) in [6.07, 6.45) is 1.47. The number of halogens is 2. The van der Waals surface area contributed by atoms with Gasteiger partial charge in [0.25, 0.3) is 0 Å². The molecule has 18 heavy (non-hydrogen) atoms. The molecule has 0 bridgehead atoms. The second-order valence-corrected chi connectivity index (χ2v) is 4.73. The van der Waals surface area contributed by atoms with Crippen molar-refractivity contribution >= 4 is 33.4 Å². The van der Waals surface area contributed by atoms with Crippen LogP contribution in [0.1, 0.15) is 10.4 Å². The van der Waals surface area contributed by atoms with Crippen LogP contribution in [0.5, 0.6) is 11.6 Å². The second-order valence-electron chi connectivity index (χ2n) is 3.43. The maximum Gasteiger partial charge on any atom is 0.248 e. The number of hydrogen-bond acceptors (Lipinski definition) is 3. The first kappa shape index (κ1) is 12.9. The summed E-state index contributed by atoms with van der Waals surface area (Å²) >= 11 is 9.07. The van der Waals surface area contributed by atoms with Crippen LogP contribution in [0, 0.1) is 0 Å². The highest BCUT2D eigenvalue weighted by Gasteiger charge is 2.07. The van der Waals surface area contributed by atoms with Crippen LogP contribution >= 0.6 is 27.5 Å². The number of amides is 1. The van der Waals surface area contributed by atoms with Crippen LogP contribution in [-0.2, 0) is 0 Å². The Bertz CT molecular complexity index is 604. The van der Waals surface area contributed by atoms with Gasteiger partial charge in [-0.1, -0.05) is 17.7 Å². The highest BCUT2D eigenvalue weighted by atomic mass is 79.9. The number of benzene rings is 1. The van der Waals surface area contributed by atoms with E-state index in [9.17, 15) is 4.79 Å². The number of ether oxygens (including phenoxy) is 1. The number of aromatic nitrogens is 1. The summed E-state index contributed by atoms with van der Waals surface area (Å²) in [6.45, 7) is 0. The number of rotatable bonds is 3. The molecule has 0 spiro atoms. The van der Waals surface area contributed by atoms with Crippen LogP contribution < -0.4 is 10.5 Å². The Morgan fingerprint density at radius 3 is 2.83 bits per heavy atom. The summed E-state index contributed by atoms with van der Waals surface area (Å²) in [5, 5.41) is 0.500. The number of nitrogens with zero attached hydrogens (tertiary/aromatic N) is 1. The van der Waals surface area contributed by atoms with Gasteiger partial charge in [-0.3, -0.25) is 4.79 Å². The van der Waals surface area contributed by atoms with Gasteiger partial charge in [-0.05, 0) is 40.2 Å². The van der Waals surface area contributed by atoms with Crippen LogP contribution in [0.25, 0.3) is 0 Å². The molecule has 0 saturated heterocycles. The van der Waals surface area contributed by atoms with E-state index in [1.54, 1.807) is 30.3 Å². The zero-order valence-electron chi connectivity index (χ0n) is 9.06. The lowest BCUT2D eigenvalue weighted by molar-refractivity contribution is 0.1000. The third-order valence-electron chi connectivity index (χ3n) is 2.11. The predicted molar refractivity (Wildman–Crippen MR) is 72.0 cm³/mol. The molecule has 0 saturated carbocycles. The Hall–Kier alpha value is -1.59. The van der Waals surface area contributed by atoms with Gasteiger partial charge in [0, 0.05) is 11.8 Å². The van der Waals surface area contributed by atoms with Crippen LogP contribution in [0.15, 0.2) is 41.0 Å². The van der Waals surface area contributed by atoms with Gasteiger partial charge in [0.1, 0.15) is 5.75 Å². The van der Waals surface area contributed by atoms with E-state index in [1.165, 1.54) is 6.20 Å². The lowest BCUT2D eigenvalue weighted by Gasteiger charge is -2.07. The number of nitrogens with two attached hydrogens (primary N) is 1. The predicted octanol–water partition coefficient (Wildman–Crippen LogP) is 3.39. The van der Waals surface area contributed by atoms with Crippen molar-refractivity contribution in [2.75, 3.05) is 0 Å². The van der Waals surface area contributed by atoms with Gasteiger partial charge >= 0.3 is 0 Å². The van der Waals surface area contributed by atoms with Crippen LogP contribution in [0.2, 0.25) is 5.02 Å². The lowest BCUT2D eigenvalue weighted by atomic mass is 10.2. The number of pyridine rings is 1. The third kappa shape index (κ3) is 3.00. The summed E-state index contributed by atoms with van der Waals surface area (Å²) in [5.41, 5.74) is 5.56. The normalized spacial score (nSPS) is 10.1. The van der Waals surface area contributed by atoms with Gasteiger partial charge in [0.05, 0.1) is 9.50 Å². The monoisotopic (exact) mass is 326 g/mol. The van der Waals surface area contributed by atoms with Gasteiger partial charge in [-0.2, -0.15) is 0 Å². The van der Waals surface area contributed by atoms with E-state index in [4.69, 9.17) is 22.1 Å². The van der Waals surface area contributed by atoms with Gasteiger partial charge in [0.15, 0.2) is 0 Å².